The van der Waals surface area contributed by atoms with Crippen LogP contribution in [0.1, 0.15) is 25.0 Å². The topological polar surface area (TPSA) is 49.4 Å². The number of halogens is 2. The van der Waals surface area contributed by atoms with Crippen molar-refractivity contribution in [1.29, 1.82) is 0 Å². The Labute approximate surface area is 184 Å². The van der Waals surface area contributed by atoms with Crippen molar-refractivity contribution in [2.45, 2.75) is 32.2 Å². The van der Waals surface area contributed by atoms with Gasteiger partial charge in [0.1, 0.15) is 6.04 Å². The maximum Gasteiger partial charge on any atom is 0.242 e. The molecule has 0 saturated carbocycles. The number of rotatable bonds is 9. The fourth-order valence-corrected chi connectivity index (χ4v) is 4.10. The molecule has 2 amide bonds. The summed E-state index contributed by atoms with van der Waals surface area (Å²) in [6, 6.07) is 14.8. The molecule has 2 rings (SSSR count). The molecule has 0 aliphatic heterocycles. The molecule has 2 aromatic rings. The highest BCUT2D eigenvalue weighted by Gasteiger charge is 2.25. The molecule has 0 saturated heterocycles. The Balaban J connectivity index is 2.05. The Morgan fingerprint density at radius 3 is 2.50 bits per heavy atom. The maximum atomic E-state index is 12.9. The monoisotopic (exact) mass is 482 g/mol. The van der Waals surface area contributed by atoms with E-state index in [0.29, 0.717) is 23.9 Å². The standard InChI is InChI=1S/C21H24BrClN2O2S/c1-3-24-21(27)15(2)25(12-16-8-10-18(22)11-9-16)20(26)14-28-13-17-6-4-5-7-19(17)23/h4-11,15H,3,12-14H2,1-2H3,(H,24,27)/t15-/m0/s1. The molecule has 28 heavy (non-hydrogen) atoms. The van der Waals surface area contributed by atoms with Crippen LogP contribution in [0, 0.1) is 0 Å². The zero-order valence-corrected chi connectivity index (χ0v) is 19.1. The molecule has 0 radical (unpaired) electrons. The van der Waals surface area contributed by atoms with E-state index in [-0.39, 0.29) is 17.6 Å². The summed E-state index contributed by atoms with van der Waals surface area (Å²) in [6.45, 7) is 4.55. The molecule has 0 bridgehead atoms. The smallest absolute Gasteiger partial charge is 0.242 e. The number of benzene rings is 2. The highest BCUT2D eigenvalue weighted by atomic mass is 79.9. The Morgan fingerprint density at radius 1 is 1.18 bits per heavy atom. The van der Waals surface area contributed by atoms with Gasteiger partial charge in [0.25, 0.3) is 0 Å². The van der Waals surface area contributed by atoms with Gasteiger partial charge >= 0.3 is 0 Å². The molecule has 4 nitrogen and oxygen atoms in total. The molecule has 7 heteroatoms. The second kappa shape index (κ2) is 11.5. The van der Waals surface area contributed by atoms with Crippen LogP contribution in [0.15, 0.2) is 53.0 Å². The van der Waals surface area contributed by atoms with Crippen molar-refractivity contribution in [3.05, 3.63) is 69.2 Å². The molecular weight excluding hydrogens is 460 g/mol. The molecule has 0 aromatic heterocycles. The minimum Gasteiger partial charge on any atom is -0.355 e. The molecule has 0 aliphatic rings. The number of carbonyl (C=O) groups is 2. The van der Waals surface area contributed by atoms with Crippen LogP contribution in [0.2, 0.25) is 5.02 Å². The average molecular weight is 484 g/mol. The van der Waals surface area contributed by atoms with E-state index in [1.165, 1.54) is 11.8 Å². The van der Waals surface area contributed by atoms with E-state index in [4.69, 9.17) is 11.6 Å². The first-order valence-electron chi connectivity index (χ1n) is 9.05. The summed E-state index contributed by atoms with van der Waals surface area (Å²) in [5.41, 5.74) is 1.97. The summed E-state index contributed by atoms with van der Waals surface area (Å²) >= 11 is 11.1. The van der Waals surface area contributed by atoms with Crippen molar-refractivity contribution in [2.75, 3.05) is 12.3 Å². The molecule has 1 N–H and O–H groups in total. The fraction of sp³-hybridized carbons (Fsp3) is 0.333. The quantitative estimate of drug-likeness (QED) is 0.552. The van der Waals surface area contributed by atoms with E-state index in [9.17, 15) is 9.59 Å². The first kappa shape index (κ1) is 22.8. The van der Waals surface area contributed by atoms with Crippen molar-refractivity contribution in [1.82, 2.24) is 10.2 Å². The number of likely N-dealkylation sites (N-methyl/N-ethyl adjacent to an activating group) is 1. The normalized spacial score (nSPS) is 11.7. The summed E-state index contributed by atoms with van der Waals surface area (Å²) < 4.78 is 0.973. The Morgan fingerprint density at radius 2 is 1.86 bits per heavy atom. The molecule has 0 fully saturated rings. The zero-order chi connectivity index (χ0) is 20.5. The van der Waals surface area contributed by atoms with Gasteiger partial charge in [0.05, 0.1) is 5.75 Å². The van der Waals surface area contributed by atoms with E-state index >= 15 is 0 Å². The highest BCUT2D eigenvalue weighted by molar-refractivity contribution is 9.10. The second-order valence-electron chi connectivity index (χ2n) is 6.30. The van der Waals surface area contributed by atoms with Gasteiger partial charge in [-0.2, -0.15) is 0 Å². The molecule has 0 unspecified atom stereocenters. The number of hydrogen-bond donors (Lipinski definition) is 1. The summed E-state index contributed by atoms with van der Waals surface area (Å²) in [5, 5.41) is 3.50. The Bertz CT molecular complexity index is 801. The molecule has 2 aromatic carbocycles. The van der Waals surface area contributed by atoms with Gasteiger partial charge in [-0.3, -0.25) is 9.59 Å². The van der Waals surface area contributed by atoms with Crippen molar-refractivity contribution < 1.29 is 9.59 Å². The van der Waals surface area contributed by atoms with Crippen LogP contribution >= 0.6 is 39.3 Å². The molecule has 0 heterocycles. The lowest BCUT2D eigenvalue weighted by atomic mass is 10.1. The molecular formula is C21H24BrClN2O2S. The fourth-order valence-electron chi connectivity index (χ4n) is 2.64. The molecule has 0 aliphatic carbocycles. The van der Waals surface area contributed by atoms with Crippen molar-refractivity contribution in [3.8, 4) is 0 Å². The highest BCUT2D eigenvalue weighted by Crippen LogP contribution is 2.22. The summed E-state index contributed by atoms with van der Waals surface area (Å²) in [6.07, 6.45) is 0. The van der Waals surface area contributed by atoms with E-state index in [1.807, 2.05) is 55.5 Å². The second-order valence-corrected chi connectivity index (χ2v) is 8.61. The van der Waals surface area contributed by atoms with E-state index < -0.39 is 6.04 Å². The number of carbonyl (C=O) groups excluding carboxylic acids is 2. The molecule has 1 atom stereocenters. The van der Waals surface area contributed by atoms with Gasteiger partial charge in [0.15, 0.2) is 0 Å². The minimum atomic E-state index is -0.544. The van der Waals surface area contributed by atoms with Gasteiger partial charge in [-0.25, -0.2) is 0 Å². The number of hydrogen-bond acceptors (Lipinski definition) is 3. The van der Waals surface area contributed by atoms with Crippen LogP contribution in [0.4, 0.5) is 0 Å². The van der Waals surface area contributed by atoms with Gasteiger partial charge in [0.2, 0.25) is 11.8 Å². The Hall–Kier alpha value is -1.50. The average Bonchev–Trinajstić information content (AvgIpc) is 2.68. The van der Waals surface area contributed by atoms with Gasteiger partial charge in [0, 0.05) is 28.3 Å². The first-order valence-corrected chi connectivity index (χ1v) is 11.4. The maximum absolute atomic E-state index is 12.9. The first-order chi connectivity index (χ1) is 13.4. The lowest BCUT2D eigenvalue weighted by Gasteiger charge is -2.28. The molecule has 0 spiro atoms. The summed E-state index contributed by atoms with van der Waals surface area (Å²) in [7, 11) is 0. The SMILES string of the molecule is CCNC(=O)[C@H](C)N(Cc1ccc(Br)cc1)C(=O)CSCc1ccccc1Cl. The third kappa shape index (κ3) is 6.83. The Kier molecular flexibility index (Phi) is 9.35. The van der Waals surface area contributed by atoms with Gasteiger partial charge in [-0.05, 0) is 43.2 Å². The van der Waals surface area contributed by atoms with Gasteiger partial charge < -0.3 is 10.2 Å². The van der Waals surface area contributed by atoms with Crippen LogP contribution in [0.5, 0.6) is 0 Å². The third-order valence-corrected chi connectivity index (χ3v) is 6.09. The lowest BCUT2D eigenvalue weighted by molar-refractivity contribution is -0.138. The predicted octanol–water partition coefficient (Wildman–Crippen LogP) is 4.89. The summed E-state index contributed by atoms with van der Waals surface area (Å²) in [5.74, 6) is 0.709. The van der Waals surface area contributed by atoms with Gasteiger partial charge in [-0.1, -0.05) is 57.9 Å². The number of amides is 2. The van der Waals surface area contributed by atoms with E-state index in [0.717, 1.165) is 15.6 Å². The largest absolute Gasteiger partial charge is 0.355 e. The summed E-state index contributed by atoms with van der Waals surface area (Å²) in [4.78, 5) is 26.9. The van der Waals surface area contributed by atoms with Crippen LogP contribution in [0.25, 0.3) is 0 Å². The van der Waals surface area contributed by atoms with Crippen LogP contribution < -0.4 is 5.32 Å². The third-order valence-electron chi connectivity index (χ3n) is 4.23. The van der Waals surface area contributed by atoms with E-state index in [2.05, 4.69) is 21.2 Å². The van der Waals surface area contributed by atoms with Crippen LogP contribution in [0.3, 0.4) is 0 Å². The van der Waals surface area contributed by atoms with Crippen LogP contribution in [-0.2, 0) is 21.9 Å². The van der Waals surface area contributed by atoms with Crippen molar-refractivity contribution in [3.63, 3.8) is 0 Å². The van der Waals surface area contributed by atoms with Crippen molar-refractivity contribution in [2.24, 2.45) is 0 Å². The van der Waals surface area contributed by atoms with E-state index in [1.54, 1.807) is 11.8 Å². The van der Waals surface area contributed by atoms with Crippen LogP contribution in [-0.4, -0.2) is 35.1 Å². The number of nitrogens with zero attached hydrogens (tertiary/aromatic N) is 1. The minimum absolute atomic E-state index is 0.0706. The number of nitrogens with one attached hydrogen (secondary N) is 1. The predicted molar refractivity (Wildman–Crippen MR) is 120 cm³/mol. The lowest BCUT2D eigenvalue weighted by Crippen LogP contribution is -2.48. The van der Waals surface area contributed by atoms with Crippen molar-refractivity contribution >= 4 is 51.1 Å². The zero-order valence-electron chi connectivity index (χ0n) is 16.0. The number of thioether (sulfide) groups is 1. The van der Waals surface area contributed by atoms with Gasteiger partial charge in [-0.15, -0.1) is 11.8 Å². The molecule has 150 valence electrons.